The number of fused-ring (bicyclic) bond motifs is 1. The van der Waals surface area contributed by atoms with Crippen molar-refractivity contribution in [1.29, 1.82) is 0 Å². The van der Waals surface area contributed by atoms with Crippen LogP contribution in [0.15, 0.2) is 36.4 Å². The van der Waals surface area contributed by atoms with Crippen LogP contribution in [0.2, 0.25) is 0 Å². The Morgan fingerprint density at radius 3 is 2.48 bits per heavy atom. The van der Waals surface area contributed by atoms with Crippen LogP contribution in [0.1, 0.15) is 38.3 Å². The summed E-state index contributed by atoms with van der Waals surface area (Å²) >= 11 is 0. The Morgan fingerprint density at radius 2 is 1.90 bits per heavy atom. The number of nitrogens with one attached hydrogen (secondary N) is 1. The van der Waals surface area contributed by atoms with Crippen molar-refractivity contribution >= 4 is 47.4 Å². The number of halogens is 3. The average Bonchev–Trinajstić information content (AvgIpc) is 3.25. The standard InChI is InChI=1S/C21H23FN4O.2ClH/c1-12(2)26-18-7-5-15(22)11-17(18)24-19(26)14-4-6-16(13(3)10-14)25-20(27)21(23)8-9-21;;/h4-7,10-12H,8-9,23H2,1-3H3,(H,25,27);2*1H. The van der Waals surface area contributed by atoms with Gasteiger partial charge in [-0.1, -0.05) is 0 Å². The third-order valence-corrected chi connectivity index (χ3v) is 5.14. The molecule has 0 bridgehead atoms. The number of rotatable bonds is 4. The number of benzene rings is 2. The molecule has 0 radical (unpaired) electrons. The van der Waals surface area contributed by atoms with E-state index in [2.05, 4.69) is 28.7 Å². The minimum Gasteiger partial charge on any atom is -0.324 e. The normalized spacial score (nSPS) is 14.3. The Balaban J connectivity index is 0.00000150. The van der Waals surface area contributed by atoms with E-state index in [1.807, 2.05) is 25.1 Å². The molecule has 0 saturated heterocycles. The molecule has 1 aliphatic carbocycles. The van der Waals surface area contributed by atoms with Crippen LogP contribution in [0.5, 0.6) is 0 Å². The molecule has 0 atom stereocenters. The second-order valence-corrected chi connectivity index (χ2v) is 7.67. The van der Waals surface area contributed by atoms with E-state index < -0.39 is 5.54 Å². The van der Waals surface area contributed by atoms with Crippen LogP contribution >= 0.6 is 24.8 Å². The van der Waals surface area contributed by atoms with Gasteiger partial charge in [0.25, 0.3) is 0 Å². The van der Waals surface area contributed by atoms with Gasteiger partial charge in [-0.3, -0.25) is 4.79 Å². The molecular weight excluding hydrogens is 414 g/mol. The van der Waals surface area contributed by atoms with E-state index in [1.165, 1.54) is 12.1 Å². The molecule has 8 heteroatoms. The molecule has 1 saturated carbocycles. The first-order valence-corrected chi connectivity index (χ1v) is 9.17. The van der Waals surface area contributed by atoms with E-state index >= 15 is 0 Å². The Labute approximate surface area is 181 Å². The van der Waals surface area contributed by atoms with Gasteiger partial charge in [-0.25, -0.2) is 9.37 Å². The molecule has 3 aromatic rings. The lowest BCUT2D eigenvalue weighted by molar-refractivity contribution is -0.118. The van der Waals surface area contributed by atoms with Gasteiger partial charge in [-0.15, -0.1) is 24.8 Å². The molecule has 0 aliphatic heterocycles. The van der Waals surface area contributed by atoms with E-state index in [0.717, 1.165) is 41.0 Å². The Bertz CT molecular complexity index is 1060. The Morgan fingerprint density at radius 1 is 1.21 bits per heavy atom. The van der Waals surface area contributed by atoms with Crippen molar-refractivity contribution in [3.63, 3.8) is 0 Å². The molecule has 3 N–H and O–H groups in total. The molecule has 1 heterocycles. The van der Waals surface area contributed by atoms with E-state index in [4.69, 9.17) is 5.73 Å². The first kappa shape index (κ1) is 23.1. The minimum atomic E-state index is -0.708. The summed E-state index contributed by atoms with van der Waals surface area (Å²) in [6.07, 6.45) is 1.45. The summed E-state index contributed by atoms with van der Waals surface area (Å²) in [6.45, 7) is 6.09. The van der Waals surface area contributed by atoms with Crippen LogP contribution in [-0.2, 0) is 4.79 Å². The topological polar surface area (TPSA) is 72.9 Å². The molecule has 156 valence electrons. The van der Waals surface area contributed by atoms with Crippen molar-refractivity contribution in [2.45, 2.75) is 45.2 Å². The Hall–Kier alpha value is -2.15. The second kappa shape index (κ2) is 8.30. The fraction of sp³-hybridized carbons (Fsp3) is 0.333. The predicted octanol–water partition coefficient (Wildman–Crippen LogP) is 5.01. The molecule has 0 spiro atoms. The summed E-state index contributed by atoms with van der Waals surface area (Å²) in [5, 5.41) is 2.92. The van der Waals surface area contributed by atoms with Crippen molar-refractivity contribution in [3.05, 3.63) is 47.8 Å². The van der Waals surface area contributed by atoms with E-state index in [0.29, 0.717) is 5.52 Å². The fourth-order valence-corrected chi connectivity index (χ4v) is 3.35. The van der Waals surface area contributed by atoms with Crippen LogP contribution in [-0.4, -0.2) is 21.0 Å². The molecule has 1 aromatic heterocycles. The highest BCUT2D eigenvalue weighted by Gasteiger charge is 2.46. The lowest BCUT2D eigenvalue weighted by Gasteiger charge is -2.15. The first-order chi connectivity index (χ1) is 12.8. The van der Waals surface area contributed by atoms with Crippen LogP contribution in [0.3, 0.4) is 0 Å². The predicted molar refractivity (Wildman–Crippen MR) is 120 cm³/mol. The first-order valence-electron chi connectivity index (χ1n) is 9.17. The number of aryl methyl sites for hydroxylation is 1. The maximum atomic E-state index is 13.6. The van der Waals surface area contributed by atoms with Crippen LogP contribution in [0, 0.1) is 12.7 Å². The highest BCUT2D eigenvalue weighted by Crippen LogP contribution is 2.35. The molecule has 4 rings (SSSR count). The van der Waals surface area contributed by atoms with Crippen molar-refractivity contribution in [1.82, 2.24) is 9.55 Å². The number of nitrogens with two attached hydrogens (primary N) is 1. The lowest BCUT2D eigenvalue weighted by Crippen LogP contribution is -2.37. The summed E-state index contributed by atoms with van der Waals surface area (Å²) < 4.78 is 15.7. The molecular formula is C21H25Cl2FN4O. The zero-order valence-electron chi connectivity index (χ0n) is 16.5. The summed E-state index contributed by atoms with van der Waals surface area (Å²) in [5.41, 5.74) is 9.38. The van der Waals surface area contributed by atoms with Gasteiger partial charge in [-0.2, -0.15) is 0 Å². The van der Waals surface area contributed by atoms with Gasteiger partial charge in [0.2, 0.25) is 5.91 Å². The van der Waals surface area contributed by atoms with Gasteiger partial charge in [0.05, 0.1) is 16.6 Å². The van der Waals surface area contributed by atoms with Gasteiger partial charge in [0.1, 0.15) is 11.6 Å². The van der Waals surface area contributed by atoms with Crippen LogP contribution in [0.25, 0.3) is 22.4 Å². The second-order valence-electron chi connectivity index (χ2n) is 7.67. The number of imidazole rings is 1. The lowest BCUT2D eigenvalue weighted by atomic mass is 10.1. The van der Waals surface area contributed by atoms with E-state index in [1.54, 1.807) is 6.07 Å². The number of carbonyl (C=O) groups is 1. The molecule has 0 unspecified atom stereocenters. The van der Waals surface area contributed by atoms with Gasteiger partial charge >= 0.3 is 0 Å². The number of nitrogens with zero attached hydrogens (tertiary/aromatic N) is 2. The molecule has 5 nitrogen and oxygen atoms in total. The summed E-state index contributed by atoms with van der Waals surface area (Å²) in [5.74, 6) is 0.347. The number of anilines is 1. The molecule has 1 aliphatic rings. The highest BCUT2D eigenvalue weighted by atomic mass is 35.5. The number of aromatic nitrogens is 2. The quantitative estimate of drug-likeness (QED) is 0.601. The zero-order chi connectivity index (χ0) is 19.3. The summed E-state index contributed by atoms with van der Waals surface area (Å²) in [4.78, 5) is 16.9. The fourth-order valence-electron chi connectivity index (χ4n) is 3.35. The van der Waals surface area contributed by atoms with Crippen molar-refractivity contribution in [3.8, 4) is 11.4 Å². The number of amides is 1. The summed E-state index contributed by atoms with van der Waals surface area (Å²) in [6, 6.07) is 10.6. The smallest absolute Gasteiger partial charge is 0.244 e. The van der Waals surface area contributed by atoms with Gasteiger partial charge in [0, 0.05) is 23.4 Å². The molecule has 29 heavy (non-hydrogen) atoms. The van der Waals surface area contributed by atoms with Crippen molar-refractivity contribution in [2.75, 3.05) is 5.32 Å². The maximum absolute atomic E-state index is 13.6. The monoisotopic (exact) mass is 438 g/mol. The SMILES string of the molecule is Cc1cc(-c2nc3cc(F)ccc3n2C(C)C)ccc1NC(=O)C1(N)CC1.Cl.Cl. The van der Waals surface area contributed by atoms with Gasteiger partial charge in [0.15, 0.2) is 0 Å². The highest BCUT2D eigenvalue weighted by molar-refractivity contribution is 6.00. The maximum Gasteiger partial charge on any atom is 0.244 e. The molecule has 1 amide bonds. The van der Waals surface area contributed by atoms with Gasteiger partial charge < -0.3 is 15.6 Å². The average molecular weight is 439 g/mol. The molecule has 2 aromatic carbocycles. The minimum absolute atomic E-state index is 0. The van der Waals surface area contributed by atoms with Crippen LogP contribution in [0.4, 0.5) is 10.1 Å². The van der Waals surface area contributed by atoms with Crippen LogP contribution < -0.4 is 11.1 Å². The van der Waals surface area contributed by atoms with Crippen molar-refractivity contribution < 1.29 is 9.18 Å². The van der Waals surface area contributed by atoms with Gasteiger partial charge in [-0.05, 0) is 69.5 Å². The van der Waals surface area contributed by atoms with Crippen molar-refractivity contribution in [2.24, 2.45) is 5.73 Å². The number of carbonyl (C=O) groups excluding carboxylic acids is 1. The third-order valence-electron chi connectivity index (χ3n) is 5.14. The number of hydrogen-bond donors (Lipinski definition) is 2. The molecule has 1 fully saturated rings. The van der Waals surface area contributed by atoms with E-state index in [-0.39, 0.29) is 42.6 Å². The largest absolute Gasteiger partial charge is 0.324 e. The number of hydrogen-bond acceptors (Lipinski definition) is 3. The third kappa shape index (κ3) is 4.25. The summed E-state index contributed by atoms with van der Waals surface area (Å²) in [7, 11) is 0. The Kier molecular flexibility index (Phi) is 6.62. The zero-order valence-corrected chi connectivity index (χ0v) is 18.2. The van der Waals surface area contributed by atoms with E-state index in [9.17, 15) is 9.18 Å².